The van der Waals surface area contributed by atoms with Crippen molar-refractivity contribution in [3.8, 4) is 0 Å². The smallest absolute Gasteiger partial charge is 0.0704 e. The first-order valence-corrected chi connectivity index (χ1v) is 7.44. The number of rotatable bonds is 6. The van der Waals surface area contributed by atoms with E-state index in [1.807, 2.05) is 12.3 Å². The predicted molar refractivity (Wildman–Crippen MR) is 80.3 cm³/mol. The summed E-state index contributed by atoms with van der Waals surface area (Å²) in [4.78, 5) is 4.44. The lowest BCUT2D eigenvalue weighted by Gasteiger charge is -2.17. The lowest BCUT2D eigenvalue weighted by atomic mass is 10.0. The van der Waals surface area contributed by atoms with Gasteiger partial charge in [-0.15, -0.1) is 0 Å². The number of hydrogen-bond donors (Lipinski definition) is 1. The minimum atomic E-state index is 0.712. The normalized spacial score (nSPS) is 16.7. The number of aromatic nitrogens is 1. The Morgan fingerprint density at radius 3 is 3.00 bits per heavy atom. The summed E-state index contributed by atoms with van der Waals surface area (Å²) in [7, 11) is 0. The molecule has 1 fully saturated rings. The highest BCUT2D eigenvalue weighted by Gasteiger charge is 2.29. The average Bonchev–Trinajstić information content (AvgIpc) is 3.28. The van der Waals surface area contributed by atoms with Crippen LogP contribution in [0.15, 0.2) is 36.5 Å². The van der Waals surface area contributed by atoms with Crippen LogP contribution >= 0.6 is 0 Å². The summed E-state index contributed by atoms with van der Waals surface area (Å²) in [6.45, 7) is 3.29. The Hall–Kier alpha value is -1.41. The Morgan fingerprint density at radius 1 is 1.32 bits per heavy atom. The fourth-order valence-electron chi connectivity index (χ4n) is 2.85. The van der Waals surface area contributed by atoms with Crippen LogP contribution in [0.3, 0.4) is 0 Å². The molecule has 1 heterocycles. The van der Waals surface area contributed by atoms with Crippen LogP contribution in [0, 0.1) is 5.92 Å². The Kier molecular flexibility index (Phi) is 3.79. The van der Waals surface area contributed by atoms with Gasteiger partial charge in [0.2, 0.25) is 0 Å². The number of nitrogens with zero attached hydrogens (tertiary/aromatic N) is 1. The third kappa shape index (κ3) is 3.13. The molecule has 1 unspecified atom stereocenters. The van der Waals surface area contributed by atoms with Crippen molar-refractivity contribution in [1.29, 1.82) is 0 Å². The van der Waals surface area contributed by atoms with Crippen LogP contribution in [-0.2, 0) is 6.42 Å². The second-order valence-electron chi connectivity index (χ2n) is 5.57. The van der Waals surface area contributed by atoms with Crippen molar-refractivity contribution >= 4 is 10.9 Å². The van der Waals surface area contributed by atoms with Gasteiger partial charge in [0.25, 0.3) is 0 Å². The molecule has 1 aromatic carbocycles. The molecule has 1 aliphatic carbocycles. The van der Waals surface area contributed by atoms with E-state index in [9.17, 15) is 0 Å². The molecule has 0 saturated heterocycles. The summed E-state index contributed by atoms with van der Waals surface area (Å²) in [5.41, 5.74) is 2.53. The SMILES string of the molecule is CCNC(CCc1ccc2cccnc2c1)C1CC1. The molecule has 1 saturated carbocycles. The third-order valence-electron chi connectivity index (χ3n) is 4.07. The van der Waals surface area contributed by atoms with Crippen molar-refractivity contribution in [3.63, 3.8) is 0 Å². The number of benzene rings is 1. The van der Waals surface area contributed by atoms with Gasteiger partial charge in [-0.3, -0.25) is 4.98 Å². The highest BCUT2D eigenvalue weighted by molar-refractivity contribution is 5.78. The van der Waals surface area contributed by atoms with Crippen molar-refractivity contribution < 1.29 is 0 Å². The second kappa shape index (κ2) is 5.70. The zero-order valence-electron chi connectivity index (χ0n) is 11.6. The maximum atomic E-state index is 4.44. The zero-order chi connectivity index (χ0) is 13.1. The van der Waals surface area contributed by atoms with Crippen LogP contribution in [0.25, 0.3) is 10.9 Å². The van der Waals surface area contributed by atoms with Crippen LogP contribution in [0.4, 0.5) is 0 Å². The molecular weight excluding hydrogens is 232 g/mol. The van der Waals surface area contributed by atoms with E-state index >= 15 is 0 Å². The van der Waals surface area contributed by atoms with Gasteiger partial charge in [-0.1, -0.05) is 25.1 Å². The molecule has 1 N–H and O–H groups in total. The largest absolute Gasteiger partial charge is 0.314 e. The summed E-state index contributed by atoms with van der Waals surface area (Å²) in [6.07, 6.45) is 7.10. The maximum absolute atomic E-state index is 4.44. The first-order chi connectivity index (χ1) is 9.36. The molecule has 0 spiro atoms. The first kappa shape index (κ1) is 12.6. The highest BCUT2D eigenvalue weighted by Crippen LogP contribution is 2.34. The summed E-state index contributed by atoms with van der Waals surface area (Å²) < 4.78 is 0. The van der Waals surface area contributed by atoms with Crippen LogP contribution in [0.2, 0.25) is 0 Å². The van der Waals surface area contributed by atoms with Crippen LogP contribution in [-0.4, -0.2) is 17.6 Å². The molecule has 0 amide bonds. The minimum Gasteiger partial charge on any atom is -0.314 e. The Labute approximate surface area is 115 Å². The summed E-state index contributed by atoms with van der Waals surface area (Å²) in [5.74, 6) is 0.929. The van der Waals surface area contributed by atoms with E-state index in [0.29, 0.717) is 6.04 Å². The maximum Gasteiger partial charge on any atom is 0.0704 e. The van der Waals surface area contributed by atoms with Crippen LogP contribution in [0.5, 0.6) is 0 Å². The summed E-state index contributed by atoms with van der Waals surface area (Å²) >= 11 is 0. The van der Waals surface area contributed by atoms with Gasteiger partial charge in [-0.05, 0) is 55.8 Å². The zero-order valence-corrected chi connectivity index (χ0v) is 11.6. The molecule has 2 nitrogen and oxygen atoms in total. The van der Waals surface area contributed by atoms with E-state index < -0.39 is 0 Å². The fourth-order valence-corrected chi connectivity index (χ4v) is 2.85. The topological polar surface area (TPSA) is 24.9 Å². The molecule has 1 atom stereocenters. The molecule has 19 heavy (non-hydrogen) atoms. The molecule has 0 radical (unpaired) electrons. The van der Waals surface area contributed by atoms with Gasteiger partial charge in [0.1, 0.15) is 0 Å². The average molecular weight is 254 g/mol. The molecule has 1 aliphatic rings. The number of pyridine rings is 1. The molecular formula is C17H22N2. The molecule has 0 aliphatic heterocycles. The van der Waals surface area contributed by atoms with E-state index in [2.05, 4.69) is 41.5 Å². The van der Waals surface area contributed by atoms with Gasteiger partial charge >= 0.3 is 0 Å². The Balaban J connectivity index is 1.67. The van der Waals surface area contributed by atoms with Gasteiger partial charge in [-0.2, -0.15) is 0 Å². The van der Waals surface area contributed by atoms with E-state index in [1.165, 1.54) is 30.2 Å². The molecule has 3 rings (SSSR count). The quantitative estimate of drug-likeness (QED) is 0.852. The predicted octanol–water partition coefficient (Wildman–Crippen LogP) is 3.56. The highest BCUT2D eigenvalue weighted by atomic mass is 14.9. The molecule has 2 heteroatoms. The van der Waals surface area contributed by atoms with Crippen LogP contribution < -0.4 is 5.32 Å². The van der Waals surface area contributed by atoms with Crippen molar-refractivity contribution in [3.05, 3.63) is 42.1 Å². The second-order valence-corrected chi connectivity index (χ2v) is 5.57. The Morgan fingerprint density at radius 2 is 2.21 bits per heavy atom. The molecule has 0 bridgehead atoms. The van der Waals surface area contributed by atoms with Crippen molar-refractivity contribution in [1.82, 2.24) is 10.3 Å². The van der Waals surface area contributed by atoms with E-state index in [1.54, 1.807) is 0 Å². The van der Waals surface area contributed by atoms with E-state index in [0.717, 1.165) is 24.4 Å². The van der Waals surface area contributed by atoms with Gasteiger partial charge in [0.15, 0.2) is 0 Å². The minimum absolute atomic E-state index is 0.712. The molecule has 100 valence electrons. The van der Waals surface area contributed by atoms with E-state index in [-0.39, 0.29) is 0 Å². The number of nitrogens with one attached hydrogen (secondary N) is 1. The monoisotopic (exact) mass is 254 g/mol. The Bertz CT molecular complexity index is 546. The molecule has 1 aromatic heterocycles. The fraction of sp³-hybridized carbons (Fsp3) is 0.471. The summed E-state index contributed by atoms with van der Waals surface area (Å²) in [6, 6.07) is 11.5. The van der Waals surface area contributed by atoms with E-state index in [4.69, 9.17) is 0 Å². The summed E-state index contributed by atoms with van der Waals surface area (Å²) in [5, 5.41) is 4.87. The van der Waals surface area contributed by atoms with Crippen LogP contribution in [0.1, 0.15) is 31.7 Å². The first-order valence-electron chi connectivity index (χ1n) is 7.44. The number of hydrogen-bond acceptors (Lipinski definition) is 2. The van der Waals surface area contributed by atoms with Crippen molar-refractivity contribution in [2.75, 3.05) is 6.54 Å². The van der Waals surface area contributed by atoms with Gasteiger partial charge in [0, 0.05) is 17.6 Å². The lowest BCUT2D eigenvalue weighted by Crippen LogP contribution is -2.31. The third-order valence-corrected chi connectivity index (χ3v) is 4.07. The van der Waals surface area contributed by atoms with Gasteiger partial charge in [0.05, 0.1) is 5.52 Å². The number of fused-ring (bicyclic) bond motifs is 1. The van der Waals surface area contributed by atoms with Gasteiger partial charge in [-0.25, -0.2) is 0 Å². The lowest BCUT2D eigenvalue weighted by molar-refractivity contribution is 0.446. The van der Waals surface area contributed by atoms with Crippen molar-refractivity contribution in [2.24, 2.45) is 5.92 Å². The number of aryl methyl sites for hydroxylation is 1. The molecule has 2 aromatic rings. The van der Waals surface area contributed by atoms with Gasteiger partial charge < -0.3 is 5.32 Å². The standard InChI is InChI=1S/C17H22N2/c1-2-18-16(15-8-9-15)10-6-13-5-7-14-4-3-11-19-17(14)12-13/h3-5,7,11-12,15-16,18H,2,6,8-10H2,1H3. The van der Waals surface area contributed by atoms with Crippen molar-refractivity contribution in [2.45, 2.75) is 38.6 Å².